The van der Waals surface area contributed by atoms with Gasteiger partial charge in [-0.3, -0.25) is 14.2 Å². The molecule has 0 spiro atoms. The van der Waals surface area contributed by atoms with Crippen molar-refractivity contribution in [2.45, 2.75) is 33.1 Å². The second-order valence-corrected chi connectivity index (χ2v) is 7.59. The largest absolute Gasteiger partial charge is 0.508 e. The van der Waals surface area contributed by atoms with Crippen LogP contribution in [0.3, 0.4) is 0 Å². The lowest BCUT2D eigenvalue weighted by atomic mass is 9.72. The highest BCUT2D eigenvalue weighted by Gasteiger charge is 2.43. The summed E-state index contributed by atoms with van der Waals surface area (Å²) in [6, 6.07) is 7.14. The molecule has 0 unspecified atom stereocenters. The molecule has 29 heavy (non-hydrogen) atoms. The Morgan fingerprint density at radius 2 is 1.72 bits per heavy atom. The molecule has 0 saturated carbocycles. The number of fused-ring (bicyclic) bond motifs is 1. The van der Waals surface area contributed by atoms with E-state index in [1.165, 1.54) is 28.8 Å². The predicted molar refractivity (Wildman–Crippen MR) is 104 cm³/mol. The van der Waals surface area contributed by atoms with Crippen molar-refractivity contribution in [3.63, 3.8) is 0 Å². The minimum atomic E-state index is -1.35. The maximum atomic E-state index is 13.7. The number of aromatic nitrogens is 1. The summed E-state index contributed by atoms with van der Waals surface area (Å²) >= 11 is 0. The van der Waals surface area contributed by atoms with Crippen LogP contribution in [0.25, 0.3) is 10.9 Å². The van der Waals surface area contributed by atoms with Crippen molar-refractivity contribution in [3.8, 4) is 5.75 Å². The summed E-state index contributed by atoms with van der Waals surface area (Å²) in [6.45, 7) is 6.69. The van der Waals surface area contributed by atoms with E-state index in [9.17, 15) is 28.6 Å². The second kappa shape index (κ2) is 6.99. The highest BCUT2D eigenvalue weighted by atomic mass is 19.2. The van der Waals surface area contributed by atoms with Gasteiger partial charge >= 0.3 is 5.97 Å². The fourth-order valence-corrected chi connectivity index (χ4v) is 3.72. The lowest BCUT2D eigenvalue weighted by Gasteiger charge is -2.30. The number of nitrogens with zero attached hydrogens (tertiary/aromatic N) is 1. The Morgan fingerprint density at radius 3 is 2.28 bits per heavy atom. The Bertz CT molecular complexity index is 1150. The summed E-state index contributed by atoms with van der Waals surface area (Å²) in [6.07, 6.45) is 0. The maximum Gasteiger partial charge on any atom is 0.314 e. The van der Waals surface area contributed by atoms with E-state index >= 15 is 0 Å². The molecule has 0 aliphatic rings. The number of phenols is 1. The zero-order chi connectivity index (χ0) is 21.7. The minimum absolute atomic E-state index is 0.0762. The molecule has 1 heterocycles. The first kappa shape index (κ1) is 20.5. The van der Waals surface area contributed by atoms with Crippen molar-refractivity contribution >= 4 is 22.8 Å². The standard InChI is InChI=1S/C22H21F2NO4/c1-11(2)22(4,21(28)29)19-12(3)25(18-8-6-14(26)10-15(18)19)20(27)13-5-7-16(23)17(24)9-13/h5-11,26H,1-4H3,(H,28,29)/t22-/m1/s1. The van der Waals surface area contributed by atoms with Crippen molar-refractivity contribution < 1.29 is 28.6 Å². The summed E-state index contributed by atoms with van der Waals surface area (Å²) in [7, 11) is 0. The highest BCUT2D eigenvalue weighted by Crippen LogP contribution is 2.42. The first-order valence-corrected chi connectivity index (χ1v) is 9.07. The van der Waals surface area contributed by atoms with Gasteiger partial charge in [0, 0.05) is 16.6 Å². The number of carboxylic acid groups (broad SMARTS) is 1. The summed E-state index contributed by atoms with van der Waals surface area (Å²) in [5.41, 5.74) is -0.306. The van der Waals surface area contributed by atoms with Crippen LogP contribution in [0.15, 0.2) is 36.4 Å². The average Bonchev–Trinajstić information content (AvgIpc) is 2.93. The van der Waals surface area contributed by atoms with Crippen molar-refractivity contribution in [1.29, 1.82) is 0 Å². The van der Waals surface area contributed by atoms with Gasteiger partial charge in [-0.05, 0) is 61.7 Å². The van der Waals surface area contributed by atoms with E-state index in [2.05, 4.69) is 0 Å². The Hall–Kier alpha value is -3.22. The van der Waals surface area contributed by atoms with E-state index in [1.54, 1.807) is 27.7 Å². The SMILES string of the molecule is Cc1c([C@](C)(C(=O)O)C(C)C)c2cc(O)ccc2n1C(=O)c1ccc(F)c(F)c1. The molecule has 3 rings (SSSR count). The molecule has 2 N–H and O–H groups in total. The van der Waals surface area contributed by atoms with Crippen molar-refractivity contribution in [2.24, 2.45) is 5.92 Å². The number of rotatable bonds is 4. The molecule has 2 aromatic carbocycles. The second-order valence-electron chi connectivity index (χ2n) is 7.59. The van der Waals surface area contributed by atoms with E-state index in [1.807, 2.05) is 0 Å². The monoisotopic (exact) mass is 401 g/mol. The number of carboxylic acids is 1. The molecule has 0 aliphatic heterocycles. The maximum absolute atomic E-state index is 13.7. The lowest BCUT2D eigenvalue weighted by molar-refractivity contribution is -0.145. The first-order chi connectivity index (χ1) is 13.5. The van der Waals surface area contributed by atoms with Crippen molar-refractivity contribution in [2.75, 3.05) is 0 Å². The molecule has 1 atom stereocenters. The van der Waals surface area contributed by atoms with Crippen LogP contribution in [-0.4, -0.2) is 26.7 Å². The van der Waals surface area contributed by atoms with Crippen LogP contribution in [0.5, 0.6) is 5.75 Å². The molecule has 0 amide bonds. The van der Waals surface area contributed by atoms with E-state index in [4.69, 9.17) is 0 Å². The molecule has 0 bridgehead atoms. The minimum Gasteiger partial charge on any atom is -0.508 e. The van der Waals surface area contributed by atoms with Gasteiger partial charge in [0.25, 0.3) is 5.91 Å². The van der Waals surface area contributed by atoms with Crippen LogP contribution in [0, 0.1) is 24.5 Å². The van der Waals surface area contributed by atoms with Crippen LogP contribution in [0.1, 0.15) is 42.4 Å². The van der Waals surface area contributed by atoms with E-state index in [0.717, 1.165) is 12.1 Å². The number of phenolic OH excluding ortho intramolecular Hbond substituents is 1. The smallest absolute Gasteiger partial charge is 0.314 e. The van der Waals surface area contributed by atoms with Gasteiger partial charge < -0.3 is 10.2 Å². The van der Waals surface area contributed by atoms with Gasteiger partial charge in [0.2, 0.25) is 0 Å². The van der Waals surface area contributed by atoms with E-state index < -0.39 is 28.9 Å². The Kier molecular flexibility index (Phi) is 4.94. The van der Waals surface area contributed by atoms with Crippen molar-refractivity contribution in [3.05, 3.63) is 64.9 Å². The van der Waals surface area contributed by atoms with Gasteiger partial charge in [-0.2, -0.15) is 0 Å². The molecular formula is C22H21F2NO4. The zero-order valence-electron chi connectivity index (χ0n) is 16.5. The number of halogens is 2. The van der Waals surface area contributed by atoms with Crippen LogP contribution in [-0.2, 0) is 10.2 Å². The molecule has 5 nitrogen and oxygen atoms in total. The first-order valence-electron chi connectivity index (χ1n) is 9.07. The number of aromatic hydroxyl groups is 1. The Labute approximate surface area is 166 Å². The van der Waals surface area contributed by atoms with Gasteiger partial charge in [0.05, 0.1) is 10.9 Å². The number of hydrogen-bond acceptors (Lipinski definition) is 3. The molecule has 7 heteroatoms. The number of benzene rings is 2. The summed E-state index contributed by atoms with van der Waals surface area (Å²) in [5, 5.41) is 20.4. The van der Waals surface area contributed by atoms with Crippen LogP contribution in [0.2, 0.25) is 0 Å². The van der Waals surface area contributed by atoms with Crippen LogP contribution in [0.4, 0.5) is 8.78 Å². The quantitative estimate of drug-likeness (QED) is 0.669. The normalized spacial score (nSPS) is 13.6. The number of carbonyl (C=O) groups excluding carboxylic acids is 1. The third-order valence-electron chi connectivity index (χ3n) is 5.68. The molecule has 0 fully saturated rings. The fraction of sp³-hybridized carbons (Fsp3) is 0.273. The zero-order valence-corrected chi connectivity index (χ0v) is 16.5. The number of aliphatic carboxylic acids is 1. The summed E-state index contributed by atoms with van der Waals surface area (Å²) in [4.78, 5) is 25.4. The molecule has 1 aromatic heterocycles. The predicted octanol–water partition coefficient (Wildman–Crippen LogP) is 4.62. The van der Waals surface area contributed by atoms with Gasteiger partial charge in [0.15, 0.2) is 11.6 Å². The molecular weight excluding hydrogens is 380 g/mol. The van der Waals surface area contributed by atoms with Crippen LogP contribution >= 0.6 is 0 Å². The summed E-state index contributed by atoms with van der Waals surface area (Å²) in [5.74, 6) is -4.33. The van der Waals surface area contributed by atoms with E-state index in [-0.39, 0.29) is 17.2 Å². The average molecular weight is 401 g/mol. The molecule has 0 radical (unpaired) electrons. The fourth-order valence-electron chi connectivity index (χ4n) is 3.72. The van der Waals surface area contributed by atoms with E-state index in [0.29, 0.717) is 22.2 Å². The molecule has 0 aliphatic carbocycles. The van der Waals surface area contributed by atoms with Gasteiger partial charge in [0.1, 0.15) is 5.75 Å². The molecule has 152 valence electrons. The topological polar surface area (TPSA) is 79.5 Å². The third-order valence-corrected chi connectivity index (χ3v) is 5.68. The van der Waals surface area contributed by atoms with Gasteiger partial charge in [-0.25, -0.2) is 8.78 Å². The molecule has 3 aromatic rings. The lowest BCUT2D eigenvalue weighted by Crippen LogP contribution is -2.38. The Morgan fingerprint density at radius 1 is 1.07 bits per heavy atom. The number of carbonyl (C=O) groups is 2. The van der Waals surface area contributed by atoms with Crippen LogP contribution < -0.4 is 0 Å². The number of hydrogen-bond donors (Lipinski definition) is 2. The Balaban J connectivity index is 2.38. The molecule has 0 saturated heterocycles. The van der Waals surface area contributed by atoms with Crippen molar-refractivity contribution in [1.82, 2.24) is 4.57 Å². The third kappa shape index (κ3) is 3.06. The van der Waals surface area contributed by atoms with Gasteiger partial charge in [-0.1, -0.05) is 13.8 Å². The highest BCUT2D eigenvalue weighted by molar-refractivity contribution is 6.05. The summed E-state index contributed by atoms with van der Waals surface area (Å²) < 4.78 is 28.3. The van der Waals surface area contributed by atoms with Gasteiger partial charge in [-0.15, -0.1) is 0 Å².